The highest BCUT2D eigenvalue weighted by molar-refractivity contribution is 7.44. The van der Waals surface area contributed by atoms with E-state index in [0.29, 0.717) is 34.8 Å². The van der Waals surface area contributed by atoms with Crippen LogP contribution in [0.3, 0.4) is 0 Å². The molecule has 1 fully saturated rings. The summed E-state index contributed by atoms with van der Waals surface area (Å²) in [6.45, 7) is 11.4. The van der Waals surface area contributed by atoms with Gasteiger partial charge in [0.25, 0.3) is 14.4 Å². The van der Waals surface area contributed by atoms with Gasteiger partial charge in [0.05, 0.1) is 46.3 Å². The van der Waals surface area contributed by atoms with Gasteiger partial charge in [-0.2, -0.15) is 5.26 Å². The van der Waals surface area contributed by atoms with Crippen molar-refractivity contribution in [3.63, 3.8) is 0 Å². The molecule has 0 aliphatic carbocycles. The van der Waals surface area contributed by atoms with Crippen LogP contribution in [0.1, 0.15) is 164 Å². The van der Waals surface area contributed by atoms with Gasteiger partial charge < -0.3 is 38.0 Å². The smallest absolute Gasteiger partial charge is 0.259 e. The van der Waals surface area contributed by atoms with Gasteiger partial charge in [0.2, 0.25) is 0 Å². The maximum atomic E-state index is 13.5. The number of benzene rings is 4. The zero-order chi connectivity index (χ0) is 55.8. The van der Waals surface area contributed by atoms with Crippen LogP contribution in [-0.4, -0.2) is 94.5 Å². The Kier molecular flexibility index (Phi) is 24.5. The number of nitrogens with zero attached hydrogens (tertiary/aromatic N) is 6. The molecule has 1 aliphatic heterocycles. The molecule has 1 aliphatic rings. The number of rotatable bonds is 35. The summed E-state index contributed by atoms with van der Waals surface area (Å²) in [5.74, 6) is 1.35. The number of carbonyl (C=O) groups excluding carboxylic acids is 1. The van der Waals surface area contributed by atoms with Crippen LogP contribution in [0, 0.1) is 11.3 Å². The first-order chi connectivity index (χ1) is 38.6. The van der Waals surface area contributed by atoms with Gasteiger partial charge >= 0.3 is 0 Å². The molecular weight excluding hydrogens is 1010 g/mol. The minimum Gasteiger partial charge on any atom is -0.497 e. The second-order valence-electron chi connectivity index (χ2n) is 20.8. The van der Waals surface area contributed by atoms with E-state index in [0.717, 1.165) is 36.0 Å². The lowest BCUT2D eigenvalue weighted by molar-refractivity contribution is -0.0954. The molecule has 424 valence electrons. The van der Waals surface area contributed by atoms with Crippen LogP contribution in [0.15, 0.2) is 122 Å². The quantitative estimate of drug-likeness (QED) is 0.0227. The molecule has 2 aromatic heterocycles. The lowest BCUT2D eigenvalue weighted by Crippen LogP contribution is -2.43. The lowest BCUT2D eigenvalue weighted by Gasteiger charge is -2.39. The molecule has 6 aromatic rings. The highest BCUT2D eigenvalue weighted by Gasteiger charge is 2.52. The van der Waals surface area contributed by atoms with Crippen molar-refractivity contribution in [3.8, 4) is 17.6 Å². The van der Waals surface area contributed by atoms with Crippen LogP contribution in [-0.2, 0) is 28.9 Å². The van der Waals surface area contributed by atoms with Gasteiger partial charge in [0.15, 0.2) is 23.2 Å². The summed E-state index contributed by atoms with van der Waals surface area (Å²) >= 11 is 0. The fourth-order valence-corrected chi connectivity index (χ4v) is 12.2. The molecule has 5 atom stereocenters. The van der Waals surface area contributed by atoms with Crippen molar-refractivity contribution in [2.45, 2.75) is 173 Å². The first-order valence-corrected chi connectivity index (χ1v) is 29.8. The molecule has 79 heavy (non-hydrogen) atoms. The van der Waals surface area contributed by atoms with E-state index in [9.17, 15) is 10.1 Å². The molecule has 2 unspecified atom stereocenters. The van der Waals surface area contributed by atoms with E-state index in [-0.39, 0.29) is 43.4 Å². The Morgan fingerprint density at radius 3 is 1.80 bits per heavy atom. The second kappa shape index (κ2) is 31.8. The minimum atomic E-state index is -1.81. The number of hydrogen-bond donors (Lipinski definition) is 1. The summed E-state index contributed by atoms with van der Waals surface area (Å²) in [5, 5.41) is 12.7. The Hall–Kier alpha value is -5.82. The number of aromatic nitrogens is 4. The Balaban J connectivity index is 1.25. The van der Waals surface area contributed by atoms with E-state index < -0.39 is 38.7 Å². The summed E-state index contributed by atoms with van der Waals surface area (Å²) in [6, 6.07) is 37.3. The van der Waals surface area contributed by atoms with Crippen LogP contribution in [0.2, 0.25) is 0 Å². The number of fused-ring (bicyclic) bond motifs is 1. The van der Waals surface area contributed by atoms with Crippen LogP contribution in [0.4, 0.5) is 5.82 Å². The molecule has 1 N–H and O–H groups in total. The van der Waals surface area contributed by atoms with Gasteiger partial charge in [-0.3, -0.25) is 9.36 Å². The predicted molar refractivity (Wildman–Crippen MR) is 312 cm³/mol. The zero-order valence-corrected chi connectivity index (χ0v) is 48.5. The van der Waals surface area contributed by atoms with Gasteiger partial charge in [-0.05, 0) is 87.2 Å². The first-order valence-electron chi connectivity index (χ1n) is 28.7. The standard InChI is InChI=1S/C63H84N7O8P/c1-8-9-10-11-12-13-14-15-16-17-18-19-20-27-42-74-58-57(78-79(76-43-28-41-64)70(47(2)3)48(4)5)55(77-62(58)69-46-67-56-59(65-45-66-60(56)69)68-61(71)49-29-23-21-24-30-49)44-75-63(50-31-25-22-26-32-50,51-33-37-53(72-6)38-34-51)52-35-39-54(73-7)40-36-52/h21-26,29-40,45-48,55,57-58,62H,8-20,27-28,42-44H2,1-7H3,(H,65,66,68,71)/t55-,57+,58?,62-,79?/m1/s1. The molecule has 0 bridgehead atoms. The van der Waals surface area contributed by atoms with E-state index in [1.54, 1.807) is 32.7 Å². The van der Waals surface area contributed by atoms with Crippen LogP contribution in [0.5, 0.6) is 11.5 Å². The number of anilines is 1. The van der Waals surface area contributed by atoms with Gasteiger partial charge in [0, 0.05) is 24.3 Å². The zero-order valence-electron chi connectivity index (χ0n) is 47.6. The van der Waals surface area contributed by atoms with Crippen LogP contribution >= 0.6 is 8.53 Å². The molecule has 1 amide bonds. The summed E-state index contributed by atoms with van der Waals surface area (Å²) in [6.07, 6.45) is 17.5. The Morgan fingerprint density at radius 1 is 0.709 bits per heavy atom. The van der Waals surface area contributed by atoms with E-state index in [4.69, 9.17) is 42.7 Å². The van der Waals surface area contributed by atoms with Crippen molar-refractivity contribution in [3.05, 3.63) is 144 Å². The van der Waals surface area contributed by atoms with Crippen molar-refractivity contribution in [2.75, 3.05) is 39.4 Å². The lowest BCUT2D eigenvalue weighted by atomic mass is 9.80. The number of unbranched alkanes of at least 4 members (excludes halogenated alkanes) is 13. The van der Waals surface area contributed by atoms with Crippen molar-refractivity contribution in [2.24, 2.45) is 0 Å². The number of hydrogen-bond acceptors (Lipinski definition) is 13. The van der Waals surface area contributed by atoms with E-state index >= 15 is 0 Å². The van der Waals surface area contributed by atoms with E-state index in [1.807, 2.05) is 89.5 Å². The monoisotopic (exact) mass is 1100 g/mol. The van der Waals surface area contributed by atoms with Crippen molar-refractivity contribution >= 4 is 31.4 Å². The fraction of sp³-hybridized carbons (Fsp3) is 0.508. The van der Waals surface area contributed by atoms with Crippen molar-refractivity contribution in [1.29, 1.82) is 5.26 Å². The normalized spacial score (nSPS) is 16.9. The number of ether oxygens (including phenoxy) is 5. The number of nitriles is 1. The topological polar surface area (TPSA) is 164 Å². The average Bonchev–Trinajstić information content (AvgIpc) is 4.31. The molecule has 0 radical (unpaired) electrons. The molecule has 4 aromatic carbocycles. The van der Waals surface area contributed by atoms with Gasteiger partial charge in [-0.15, -0.1) is 0 Å². The maximum Gasteiger partial charge on any atom is 0.259 e. The minimum absolute atomic E-state index is 0.0115. The molecule has 0 saturated carbocycles. The third kappa shape index (κ3) is 16.4. The molecular formula is C63H84N7O8P. The van der Waals surface area contributed by atoms with E-state index in [1.165, 1.54) is 77.0 Å². The molecule has 7 rings (SSSR count). The van der Waals surface area contributed by atoms with Crippen molar-refractivity contribution < 1.29 is 37.5 Å². The van der Waals surface area contributed by atoms with Crippen LogP contribution < -0.4 is 14.8 Å². The number of nitrogens with one attached hydrogen (secondary N) is 1. The second-order valence-corrected chi connectivity index (χ2v) is 22.2. The van der Waals surface area contributed by atoms with E-state index in [2.05, 4.69) is 67.8 Å². The fourth-order valence-electron chi connectivity index (χ4n) is 10.5. The summed E-state index contributed by atoms with van der Waals surface area (Å²) < 4.78 is 51.5. The third-order valence-corrected chi connectivity index (χ3v) is 16.6. The number of methoxy groups -OCH3 is 2. The van der Waals surface area contributed by atoms with Crippen LogP contribution in [0.25, 0.3) is 11.2 Å². The van der Waals surface area contributed by atoms with Gasteiger partial charge in [0.1, 0.15) is 41.7 Å². The predicted octanol–water partition coefficient (Wildman–Crippen LogP) is 14.5. The SMILES string of the molecule is CCCCCCCCCCCCCCCCOC1[C@@H](OP(OCCC#N)N(C(C)C)C(C)C)[C@@H](COC(c2ccccc2)(c2ccc(OC)cc2)c2ccc(OC)cc2)O[C@H]1n1cnc2c(NC(=O)c3ccccc3)ncnc21. The molecule has 1 saturated heterocycles. The number of amides is 1. The highest BCUT2D eigenvalue weighted by atomic mass is 31.2. The number of carbonyl (C=O) groups is 1. The first kappa shape index (κ1) is 60.8. The maximum absolute atomic E-state index is 13.5. The molecule has 16 heteroatoms. The molecule has 0 spiro atoms. The summed E-state index contributed by atoms with van der Waals surface area (Å²) in [5.41, 5.74) is 2.71. The highest BCUT2D eigenvalue weighted by Crippen LogP contribution is 2.52. The largest absolute Gasteiger partial charge is 0.497 e. The Morgan fingerprint density at radius 2 is 1.25 bits per heavy atom. The van der Waals surface area contributed by atoms with Gasteiger partial charge in [-0.25, -0.2) is 19.6 Å². The molecule has 15 nitrogen and oxygen atoms in total. The number of imidazole rings is 1. The Bertz CT molecular complexity index is 2690. The third-order valence-electron chi connectivity index (χ3n) is 14.5. The summed E-state index contributed by atoms with van der Waals surface area (Å²) in [4.78, 5) is 27.6. The van der Waals surface area contributed by atoms with Crippen molar-refractivity contribution in [1.82, 2.24) is 24.2 Å². The van der Waals surface area contributed by atoms with Gasteiger partial charge in [-0.1, -0.05) is 163 Å². The summed E-state index contributed by atoms with van der Waals surface area (Å²) in [7, 11) is 1.50. The average molecular weight is 1100 g/mol. The molecule has 3 heterocycles. The Labute approximate surface area is 470 Å².